The molecule has 1 saturated heterocycles. The molecule has 0 aliphatic carbocycles. The first-order valence-corrected chi connectivity index (χ1v) is 11.3. The largest absolute Gasteiger partial charge is 0.380 e. The van der Waals surface area contributed by atoms with Crippen LogP contribution in [0.1, 0.15) is 29.5 Å². The van der Waals surface area contributed by atoms with Gasteiger partial charge in [0.15, 0.2) is 12.2 Å². The molecule has 0 saturated carbocycles. The molecule has 2 aromatic rings. The molecule has 4 rings (SSSR count). The lowest BCUT2D eigenvalue weighted by Crippen LogP contribution is -2.50. The minimum atomic E-state index is -1.87. The van der Waals surface area contributed by atoms with Crippen molar-refractivity contribution in [2.45, 2.75) is 38.1 Å². The van der Waals surface area contributed by atoms with Crippen LogP contribution in [0.15, 0.2) is 42.5 Å². The highest BCUT2D eigenvalue weighted by molar-refractivity contribution is 5.91. The number of nitrogens with one attached hydrogen (secondary N) is 1. The summed E-state index contributed by atoms with van der Waals surface area (Å²) >= 11 is 0. The second-order valence-electron chi connectivity index (χ2n) is 8.78. The number of nitriles is 1. The first-order valence-electron chi connectivity index (χ1n) is 11.3. The molecule has 2 aliphatic heterocycles. The molecular weight excluding hydrogens is 439 g/mol. The fourth-order valence-electron chi connectivity index (χ4n) is 4.59. The smallest absolute Gasteiger partial charge is 0.255 e. The Hall–Kier alpha value is -3.48. The summed E-state index contributed by atoms with van der Waals surface area (Å²) in [6.45, 7) is 1.97. The van der Waals surface area contributed by atoms with Gasteiger partial charge in [0.2, 0.25) is 0 Å². The quantitative estimate of drug-likeness (QED) is 0.591. The van der Waals surface area contributed by atoms with Crippen LogP contribution in [0.25, 0.3) is 0 Å². The summed E-state index contributed by atoms with van der Waals surface area (Å²) in [5.41, 5.74) is 2.54. The standard InChI is InChI=1S/C25H27FN4O4/c26-20-7-3-6-17(12-27)21(20)29-10-8-16(9-11-29)13-28-24(33)22(31)23(32)25(34)30-14-18-4-1-2-5-19(18)15-30/h1-7,16,22-23,31-32H,8-11,13-15H2,(H,28,33)/t22-,23-/m1/s1. The summed E-state index contributed by atoms with van der Waals surface area (Å²) < 4.78 is 14.3. The zero-order chi connectivity index (χ0) is 24.2. The number of fused-ring (bicyclic) bond motifs is 1. The van der Waals surface area contributed by atoms with E-state index in [4.69, 9.17) is 0 Å². The normalized spacial score (nSPS) is 17.6. The Morgan fingerprint density at radius 1 is 1.06 bits per heavy atom. The Morgan fingerprint density at radius 2 is 1.71 bits per heavy atom. The van der Waals surface area contributed by atoms with Crippen molar-refractivity contribution in [1.82, 2.24) is 10.2 Å². The number of rotatable bonds is 6. The maximum atomic E-state index is 14.3. The van der Waals surface area contributed by atoms with Gasteiger partial charge in [-0.3, -0.25) is 9.59 Å². The second-order valence-corrected chi connectivity index (χ2v) is 8.78. The van der Waals surface area contributed by atoms with Gasteiger partial charge in [-0.05, 0) is 42.0 Å². The van der Waals surface area contributed by atoms with E-state index in [9.17, 15) is 29.5 Å². The molecule has 8 nitrogen and oxygen atoms in total. The summed E-state index contributed by atoms with van der Waals surface area (Å²) in [5, 5.41) is 32.4. The lowest BCUT2D eigenvalue weighted by molar-refractivity contribution is -0.153. The van der Waals surface area contributed by atoms with Gasteiger partial charge >= 0.3 is 0 Å². The molecule has 2 atom stereocenters. The third-order valence-electron chi connectivity index (χ3n) is 6.58. The van der Waals surface area contributed by atoms with Crippen LogP contribution in [0.3, 0.4) is 0 Å². The van der Waals surface area contributed by atoms with Crippen molar-refractivity contribution < 1.29 is 24.2 Å². The molecule has 2 amide bonds. The maximum absolute atomic E-state index is 14.3. The van der Waals surface area contributed by atoms with E-state index >= 15 is 0 Å². The lowest BCUT2D eigenvalue weighted by Gasteiger charge is -2.34. The second kappa shape index (κ2) is 10.2. The third-order valence-corrected chi connectivity index (χ3v) is 6.58. The molecule has 0 bridgehead atoms. The SMILES string of the molecule is N#Cc1cccc(F)c1N1CCC(CNC(=O)[C@H](O)[C@@H](O)C(=O)N2Cc3ccccc3C2)CC1. The van der Waals surface area contributed by atoms with Gasteiger partial charge in [-0.25, -0.2) is 4.39 Å². The summed E-state index contributed by atoms with van der Waals surface area (Å²) in [6.07, 6.45) is -2.40. The van der Waals surface area contributed by atoms with Crippen molar-refractivity contribution in [3.63, 3.8) is 0 Å². The van der Waals surface area contributed by atoms with E-state index < -0.39 is 29.8 Å². The number of hydrogen-bond acceptors (Lipinski definition) is 6. The van der Waals surface area contributed by atoms with E-state index in [0.717, 1.165) is 11.1 Å². The average Bonchev–Trinajstić information content (AvgIpc) is 3.30. The number of para-hydroxylation sites is 1. The Labute approximate surface area is 197 Å². The number of benzene rings is 2. The van der Waals surface area contributed by atoms with Gasteiger partial charge < -0.3 is 25.3 Å². The molecule has 0 spiro atoms. The minimum absolute atomic E-state index is 0.0886. The summed E-state index contributed by atoms with van der Waals surface area (Å²) in [7, 11) is 0. The van der Waals surface area contributed by atoms with Crippen molar-refractivity contribution >= 4 is 17.5 Å². The first kappa shape index (κ1) is 23.7. The minimum Gasteiger partial charge on any atom is -0.380 e. The van der Waals surface area contributed by atoms with Crippen molar-refractivity contribution in [3.05, 3.63) is 65.0 Å². The zero-order valence-electron chi connectivity index (χ0n) is 18.7. The predicted octanol–water partition coefficient (Wildman–Crippen LogP) is 1.29. The molecule has 3 N–H and O–H groups in total. The van der Waals surface area contributed by atoms with Gasteiger partial charge in [-0.2, -0.15) is 5.26 Å². The zero-order valence-corrected chi connectivity index (χ0v) is 18.7. The van der Waals surface area contributed by atoms with Gasteiger partial charge in [0.1, 0.15) is 11.9 Å². The molecule has 0 aromatic heterocycles. The van der Waals surface area contributed by atoms with Gasteiger partial charge in [-0.1, -0.05) is 30.3 Å². The van der Waals surface area contributed by atoms with Crippen LogP contribution in [-0.2, 0) is 22.7 Å². The fourth-order valence-corrected chi connectivity index (χ4v) is 4.59. The van der Waals surface area contributed by atoms with E-state index in [2.05, 4.69) is 5.32 Å². The molecule has 1 fully saturated rings. The Kier molecular flexibility index (Phi) is 7.10. The third kappa shape index (κ3) is 4.88. The molecule has 34 heavy (non-hydrogen) atoms. The molecule has 9 heteroatoms. The molecule has 0 radical (unpaired) electrons. The van der Waals surface area contributed by atoms with Crippen molar-refractivity contribution in [2.24, 2.45) is 5.92 Å². The number of amides is 2. The van der Waals surface area contributed by atoms with Crippen LogP contribution in [0.2, 0.25) is 0 Å². The average molecular weight is 467 g/mol. The van der Waals surface area contributed by atoms with E-state index in [0.29, 0.717) is 44.7 Å². The van der Waals surface area contributed by atoms with E-state index in [1.54, 1.807) is 6.07 Å². The number of anilines is 1. The van der Waals surface area contributed by atoms with Gasteiger partial charge in [0, 0.05) is 32.7 Å². The molecule has 178 valence electrons. The number of halogens is 1. The number of carbonyl (C=O) groups excluding carboxylic acids is 2. The molecule has 2 heterocycles. The number of hydrogen-bond donors (Lipinski definition) is 3. The van der Waals surface area contributed by atoms with E-state index in [-0.39, 0.29) is 18.0 Å². The maximum Gasteiger partial charge on any atom is 0.255 e. The van der Waals surface area contributed by atoms with Gasteiger partial charge in [0.05, 0.1) is 11.3 Å². The first-order chi connectivity index (χ1) is 16.4. The predicted molar refractivity (Wildman–Crippen MR) is 122 cm³/mol. The molecule has 0 unspecified atom stereocenters. The topological polar surface area (TPSA) is 117 Å². The number of piperidine rings is 1. The summed E-state index contributed by atoms with van der Waals surface area (Å²) in [4.78, 5) is 28.2. The number of aliphatic hydroxyl groups is 2. The molecular formula is C25H27FN4O4. The Balaban J connectivity index is 1.25. The lowest BCUT2D eigenvalue weighted by atomic mass is 9.95. The van der Waals surface area contributed by atoms with Gasteiger partial charge in [-0.15, -0.1) is 0 Å². The van der Waals surface area contributed by atoms with Crippen molar-refractivity contribution in [3.8, 4) is 6.07 Å². The van der Waals surface area contributed by atoms with Crippen molar-refractivity contribution in [2.75, 3.05) is 24.5 Å². The summed E-state index contributed by atoms with van der Waals surface area (Å²) in [5.74, 6) is -1.84. The highest BCUT2D eigenvalue weighted by atomic mass is 19.1. The van der Waals surface area contributed by atoms with E-state index in [1.165, 1.54) is 17.0 Å². The van der Waals surface area contributed by atoms with Crippen LogP contribution in [0, 0.1) is 23.1 Å². The van der Waals surface area contributed by atoms with Crippen LogP contribution in [0.5, 0.6) is 0 Å². The highest BCUT2D eigenvalue weighted by Crippen LogP contribution is 2.28. The van der Waals surface area contributed by atoms with Crippen LogP contribution >= 0.6 is 0 Å². The van der Waals surface area contributed by atoms with E-state index in [1.807, 2.05) is 35.2 Å². The molecule has 2 aromatic carbocycles. The highest BCUT2D eigenvalue weighted by Gasteiger charge is 2.35. The van der Waals surface area contributed by atoms with Gasteiger partial charge in [0.25, 0.3) is 11.8 Å². The van der Waals surface area contributed by atoms with Crippen LogP contribution in [-0.4, -0.2) is 58.8 Å². The van der Waals surface area contributed by atoms with Crippen LogP contribution < -0.4 is 10.2 Å². The van der Waals surface area contributed by atoms with Crippen LogP contribution in [0.4, 0.5) is 10.1 Å². The fraction of sp³-hybridized carbons (Fsp3) is 0.400. The number of nitrogens with zero attached hydrogens (tertiary/aromatic N) is 3. The summed E-state index contributed by atoms with van der Waals surface area (Å²) in [6, 6.07) is 14.0. The van der Waals surface area contributed by atoms with Crippen molar-refractivity contribution in [1.29, 1.82) is 5.26 Å². The Bertz CT molecular complexity index is 1090. The monoisotopic (exact) mass is 466 g/mol. The number of carbonyl (C=O) groups is 2. The Morgan fingerprint density at radius 3 is 2.32 bits per heavy atom. The number of aliphatic hydroxyl groups excluding tert-OH is 2. The molecule has 2 aliphatic rings.